The molecule has 2 heterocycles. The normalized spacial score (nSPS) is 16.3. The first-order valence-corrected chi connectivity index (χ1v) is 9.26. The number of guanidine groups is 1. The third-order valence-corrected chi connectivity index (χ3v) is 4.19. The van der Waals surface area contributed by atoms with Gasteiger partial charge in [0.2, 0.25) is 0 Å². The molecule has 1 amide bonds. The van der Waals surface area contributed by atoms with Crippen LogP contribution in [0.25, 0.3) is 0 Å². The van der Waals surface area contributed by atoms with Gasteiger partial charge in [0.1, 0.15) is 17.8 Å². The van der Waals surface area contributed by atoms with Gasteiger partial charge in [0.05, 0.1) is 6.54 Å². The van der Waals surface area contributed by atoms with E-state index in [9.17, 15) is 4.79 Å². The van der Waals surface area contributed by atoms with Crippen LogP contribution in [0.5, 0.6) is 0 Å². The Bertz CT molecular complexity index is 629. The standard InChI is InChI=1S/C17H32N8O2/c1-17(2,3)27-16(26)25-10-8-24(9-11-25)7-6-19-15(18-4)20-12-14-21-13-22-23(14)5/h13H,6-12H2,1-5H3,(H2,18,19,20). The van der Waals surface area contributed by atoms with Crippen LogP contribution in [-0.4, -0.2) is 88.5 Å². The van der Waals surface area contributed by atoms with Crippen molar-refractivity contribution in [2.45, 2.75) is 32.9 Å². The molecule has 27 heavy (non-hydrogen) atoms. The van der Waals surface area contributed by atoms with Crippen LogP contribution in [0.1, 0.15) is 26.6 Å². The lowest BCUT2D eigenvalue weighted by Crippen LogP contribution is -2.51. The predicted octanol–water partition coefficient (Wildman–Crippen LogP) is 0.0328. The number of rotatable bonds is 5. The number of aliphatic imine (C=N–C) groups is 1. The Labute approximate surface area is 161 Å². The maximum Gasteiger partial charge on any atom is 0.410 e. The number of carbonyl (C=O) groups excluding carboxylic acids is 1. The third-order valence-electron chi connectivity index (χ3n) is 4.19. The van der Waals surface area contributed by atoms with Crippen LogP contribution in [0, 0.1) is 0 Å². The van der Waals surface area contributed by atoms with Gasteiger partial charge in [0, 0.05) is 53.4 Å². The summed E-state index contributed by atoms with van der Waals surface area (Å²) in [5.74, 6) is 1.57. The van der Waals surface area contributed by atoms with Crippen LogP contribution >= 0.6 is 0 Å². The molecule has 2 N–H and O–H groups in total. The molecule has 1 aliphatic heterocycles. The fraction of sp³-hybridized carbons (Fsp3) is 0.765. The fourth-order valence-corrected chi connectivity index (χ4v) is 2.68. The molecule has 1 aliphatic rings. The number of hydrogen-bond donors (Lipinski definition) is 2. The minimum absolute atomic E-state index is 0.228. The zero-order chi connectivity index (χ0) is 19.9. The van der Waals surface area contributed by atoms with E-state index in [1.807, 2.05) is 27.8 Å². The van der Waals surface area contributed by atoms with E-state index in [0.717, 1.165) is 38.0 Å². The molecule has 0 aliphatic carbocycles. The average Bonchev–Trinajstić information content (AvgIpc) is 3.02. The molecule has 10 nitrogen and oxygen atoms in total. The molecule has 152 valence electrons. The molecule has 1 fully saturated rings. The van der Waals surface area contributed by atoms with Crippen molar-refractivity contribution in [2.24, 2.45) is 12.0 Å². The average molecular weight is 380 g/mol. The Kier molecular flexibility index (Phi) is 7.40. The summed E-state index contributed by atoms with van der Waals surface area (Å²) in [4.78, 5) is 24.6. The van der Waals surface area contributed by atoms with Crippen LogP contribution in [0.15, 0.2) is 11.3 Å². The minimum Gasteiger partial charge on any atom is -0.444 e. The minimum atomic E-state index is -0.452. The van der Waals surface area contributed by atoms with E-state index in [4.69, 9.17) is 4.74 Å². The molecule has 0 spiro atoms. The Morgan fingerprint density at radius 1 is 1.26 bits per heavy atom. The van der Waals surface area contributed by atoms with Gasteiger partial charge in [0.15, 0.2) is 5.96 Å². The van der Waals surface area contributed by atoms with Crippen molar-refractivity contribution in [3.8, 4) is 0 Å². The summed E-state index contributed by atoms with van der Waals surface area (Å²) < 4.78 is 7.15. The van der Waals surface area contributed by atoms with Gasteiger partial charge in [-0.25, -0.2) is 9.78 Å². The molecule has 1 aromatic heterocycles. The fourth-order valence-electron chi connectivity index (χ4n) is 2.68. The zero-order valence-corrected chi connectivity index (χ0v) is 17.0. The Morgan fingerprint density at radius 2 is 1.96 bits per heavy atom. The highest BCUT2D eigenvalue weighted by molar-refractivity contribution is 5.79. The summed E-state index contributed by atoms with van der Waals surface area (Å²) in [5.41, 5.74) is -0.452. The number of piperazine rings is 1. The summed E-state index contributed by atoms with van der Waals surface area (Å²) in [6.07, 6.45) is 1.30. The summed E-state index contributed by atoms with van der Waals surface area (Å²) in [7, 11) is 3.60. The van der Waals surface area contributed by atoms with Crippen LogP contribution in [-0.2, 0) is 18.3 Å². The molecule has 0 unspecified atom stereocenters. The largest absolute Gasteiger partial charge is 0.444 e. The van der Waals surface area contributed by atoms with Gasteiger partial charge in [-0.3, -0.25) is 14.6 Å². The monoisotopic (exact) mass is 380 g/mol. The Balaban J connectivity index is 1.64. The van der Waals surface area contributed by atoms with Crippen molar-refractivity contribution < 1.29 is 9.53 Å². The number of amides is 1. The van der Waals surface area contributed by atoms with Gasteiger partial charge in [-0.1, -0.05) is 0 Å². The second kappa shape index (κ2) is 9.54. The van der Waals surface area contributed by atoms with Gasteiger partial charge in [0.25, 0.3) is 0 Å². The van der Waals surface area contributed by atoms with Gasteiger partial charge < -0.3 is 20.3 Å². The van der Waals surface area contributed by atoms with Crippen LogP contribution < -0.4 is 10.6 Å². The van der Waals surface area contributed by atoms with E-state index in [1.54, 1.807) is 16.6 Å². The van der Waals surface area contributed by atoms with E-state index < -0.39 is 5.60 Å². The van der Waals surface area contributed by atoms with E-state index >= 15 is 0 Å². The topological polar surface area (TPSA) is 99.9 Å². The first-order valence-electron chi connectivity index (χ1n) is 9.26. The summed E-state index contributed by atoms with van der Waals surface area (Å²) >= 11 is 0. The molecule has 0 saturated carbocycles. The van der Waals surface area contributed by atoms with Crippen molar-refractivity contribution >= 4 is 12.1 Å². The van der Waals surface area contributed by atoms with Gasteiger partial charge in [-0.05, 0) is 20.8 Å². The van der Waals surface area contributed by atoms with Gasteiger partial charge in [-0.2, -0.15) is 5.10 Å². The van der Waals surface area contributed by atoms with Gasteiger partial charge >= 0.3 is 6.09 Å². The quantitative estimate of drug-likeness (QED) is 0.549. The molecule has 2 rings (SSSR count). The molecule has 10 heteroatoms. The second-order valence-corrected chi connectivity index (χ2v) is 7.46. The van der Waals surface area contributed by atoms with Crippen LogP contribution in [0.4, 0.5) is 4.79 Å². The lowest BCUT2D eigenvalue weighted by atomic mass is 10.2. The maximum absolute atomic E-state index is 12.1. The highest BCUT2D eigenvalue weighted by Crippen LogP contribution is 2.11. The van der Waals surface area contributed by atoms with Crippen LogP contribution in [0.2, 0.25) is 0 Å². The first kappa shape index (κ1) is 20.9. The van der Waals surface area contributed by atoms with E-state index in [2.05, 4.69) is 30.6 Å². The number of nitrogens with one attached hydrogen (secondary N) is 2. The molecule has 1 aromatic rings. The lowest BCUT2D eigenvalue weighted by Gasteiger charge is -2.35. The molecule has 1 saturated heterocycles. The van der Waals surface area contributed by atoms with E-state index in [0.29, 0.717) is 19.6 Å². The molecule has 0 aromatic carbocycles. The number of aryl methyl sites for hydroxylation is 1. The highest BCUT2D eigenvalue weighted by atomic mass is 16.6. The Morgan fingerprint density at radius 3 is 2.52 bits per heavy atom. The van der Waals surface area contributed by atoms with Crippen LogP contribution in [0.3, 0.4) is 0 Å². The second-order valence-electron chi connectivity index (χ2n) is 7.46. The van der Waals surface area contributed by atoms with Crippen molar-refractivity contribution in [1.29, 1.82) is 0 Å². The van der Waals surface area contributed by atoms with E-state index in [1.165, 1.54) is 6.33 Å². The lowest BCUT2D eigenvalue weighted by molar-refractivity contribution is 0.0147. The SMILES string of the molecule is CN=C(NCCN1CCN(C(=O)OC(C)(C)C)CC1)NCc1ncnn1C. The number of nitrogens with zero attached hydrogens (tertiary/aromatic N) is 6. The molecular formula is C17H32N8O2. The smallest absolute Gasteiger partial charge is 0.410 e. The summed E-state index contributed by atoms with van der Waals surface area (Å²) in [6, 6.07) is 0. The number of hydrogen-bond acceptors (Lipinski definition) is 6. The summed E-state index contributed by atoms with van der Waals surface area (Å²) in [6.45, 7) is 10.9. The van der Waals surface area contributed by atoms with Gasteiger partial charge in [-0.15, -0.1) is 0 Å². The molecular weight excluding hydrogens is 348 g/mol. The molecule has 0 bridgehead atoms. The first-order chi connectivity index (χ1) is 12.8. The maximum atomic E-state index is 12.1. The van der Waals surface area contributed by atoms with E-state index in [-0.39, 0.29) is 6.09 Å². The molecule has 0 atom stereocenters. The summed E-state index contributed by atoms with van der Waals surface area (Å²) in [5, 5.41) is 10.6. The van der Waals surface area contributed by atoms with Crippen molar-refractivity contribution in [3.63, 3.8) is 0 Å². The number of carbonyl (C=O) groups is 1. The molecule has 0 radical (unpaired) electrons. The number of ether oxygens (including phenoxy) is 1. The van der Waals surface area contributed by atoms with Crippen molar-refractivity contribution in [3.05, 3.63) is 12.2 Å². The Hall–Kier alpha value is -2.36. The third kappa shape index (κ3) is 7.05. The zero-order valence-electron chi connectivity index (χ0n) is 17.0. The van der Waals surface area contributed by atoms with Crippen molar-refractivity contribution in [1.82, 2.24) is 35.2 Å². The highest BCUT2D eigenvalue weighted by Gasteiger charge is 2.25. The van der Waals surface area contributed by atoms with Crippen molar-refractivity contribution in [2.75, 3.05) is 46.3 Å². The predicted molar refractivity (Wildman–Crippen MR) is 103 cm³/mol. The number of aromatic nitrogens is 3.